The molecule has 0 N–H and O–H groups in total. The minimum atomic E-state index is -0.112. The van der Waals surface area contributed by atoms with Crippen molar-refractivity contribution in [2.45, 2.75) is 131 Å². The SMILES string of the molecule is CC1(C)Cc2cc3c(cc2C1)N(c1ccc(C(C)(C)C)cc1-c1ccc(-c2ccccc2)cc1)c1cc(C(C)(C)C)cc2c1B3c1cc(C(C)(C)C)ccc1N2c1ccc(C(C)(C)C)cc1. The number of hydrogen-bond acceptors (Lipinski definition) is 2. The van der Waals surface area contributed by atoms with Gasteiger partial charge in [0.2, 0.25) is 0 Å². The first-order valence-corrected chi connectivity index (χ1v) is 24.5. The zero-order valence-electron chi connectivity index (χ0n) is 42.2. The highest BCUT2D eigenvalue weighted by Gasteiger charge is 2.46. The lowest BCUT2D eigenvalue weighted by Crippen LogP contribution is -2.61. The molecule has 0 radical (unpaired) electrons. The average Bonchev–Trinajstić information content (AvgIpc) is 3.57. The Balaban J connectivity index is 1.31. The number of anilines is 6. The monoisotopic (exact) mass is 865 g/mol. The van der Waals surface area contributed by atoms with E-state index >= 15 is 0 Å². The van der Waals surface area contributed by atoms with Gasteiger partial charge in [-0.3, -0.25) is 0 Å². The molecule has 10 rings (SSSR count). The summed E-state index contributed by atoms with van der Waals surface area (Å²) in [6.07, 6.45) is 2.17. The van der Waals surface area contributed by atoms with Crippen LogP contribution in [0.2, 0.25) is 0 Å². The second kappa shape index (κ2) is 15.1. The van der Waals surface area contributed by atoms with Crippen molar-refractivity contribution in [3.8, 4) is 22.3 Å². The van der Waals surface area contributed by atoms with E-state index in [1.165, 1.54) is 106 Å². The molecule has 0 unspecified atom stereocenters. The first-order chi connectivity index (χ1) is 31.0. The highest BCUT2D eigenvalue weighted by Crippen LogP contribution is 2.50. The van der Waals surface area contributed by atoms with E-state index in [0.717, 1.165) is 12.8 Å². The second-order valence-corrected chi connectivity index (χ2v) is 24.7. The molecule has 7 aromatic carbocycles. The Kier molecular flexibility index (Phi) is 10.1. The Hall–Kier alpha value is -5.80. The van der Waals surface area contributed by atoms with Crippen LogP contribution in [0.15, 0.2) is 140 Å². The van der Waals surface area contributed by atoms with E-state index in [4.69, 9.17) is 0 Å². The third-order valence-electron chi connectivity index (χ3n) is 14.9. The normalized spacial score (nSPS) is 15.3. The van der Waals surface area contributed by atoms with Gasteiger partial charge in [-0.05, 0) is 155 Å². The van der Waals surface area contributed by atoms with Crippen LogP contribution in [0.25, 0.3) is 22.3 Å². The zero-order chi connectivity index (χ0) is 46.9. The minimum absolute atomic E-state index is 0.0152. The predicted molar refractivity (Wildman–Crippen MR) is 287 cm³/mol. The van der Waals surface area contributed by atoms with E-state index in [1.807, 2.05) is 0 Å². The number of nitrogens with zero attached hydrogens (tertiary/aromatic N) is 2. The van der Waals surface area contributed by atoms with Crippen molar-refractivity contribution >= 4 is 57.2 Å². The quantitative estimate of drug-likeness (QED) is 0.163. The first-order valence-electron chi connectivity index (χ1n) is 24.5. The lowest BCUT2D eigenvalue weighted by Gasteiger charge is -2.46. The summed E-state index contributed by atoms with van der Waals surface area (Å²) in [7, 11) is 0. The highest BCUT2D eigenvalue weighted by molar-refractivity contribution is 7.00. The van der Waals surface area contributed by atoms with Crippen LogP contribution in [0.1, 0.15) is 130 Å². The number of hydrogen-bond donors (Lipinski definition) is 0. The fraction of sp³-hybridized carbons (Fsp3) is 0.333. The van der Waals surface area contributed by atoms with Gasteiger partial charge < -0.3 is 9.80 Å². The Morgan fingerprint density at radius 1 is 0.394 bits per heavy atom. The van der Waals surface area contributed by atoms with Crippen molar-refractivity contribution in [1.82, 2.24) is 0 Å². The lowest BCUT2D eigenvalue weighted by atomic mass is 9.33. The first kappa shape index (κ1) is 44.1. The molecule has 0 atom stereocenters. The smallest absolute Gasteiger partial charge is 0.252 e. The molecular formula is C63H69BN2. The molecule has 3 heteroatoms. The molecular weight excluding hydrogens is 796 g/mol. The predicted octanol–water partition coefficient (Wildman–Crippen LogP) is 15.4. The summed E-state index contributed by atoms with van der Waals surface area (Å²) in [5, 5.41) is 0. The Bertz CT molecular complexity index is 3020. The largest absolute Gasteiger partial charge is 0.311 e. The Morgan fingerprint density at radius 2 is 0.879 bits per heavy atom. The molecule has 1 aliphatic carbocycles. The molecule has 0 bridgehead atoms. The molecule has 66 heavy (non-hydrogen) atoms. The molecule has 7 aromatic rings. The van der Waals surface area contributed by atoms with Crippen molar-refractivity contribution in [2.24, 2.45) is 5.41 Å². The number of benzene rings is 7. The third-order valence-corrected chi connectivity index (χ3v) is 14.9. The lowest BCUT2D eigenvalue weighted by molar-refractivity contribution is 0.392. The maximum Gasteiger partial charge on any atom is 0.252 e. The summed E-state index contributed by atoms with van der Waals surface area (Å²) >= 11 is 0. The van der Waals surface area contributed by atoms with Gasteiger partial charge in [-0.2, -0.15) is 0 Å². The summed E-state index contributed by atoms with van der Waals surface area (Å²) in [4.78, 5) is 5.29. The van der Waals surface area contributed by atoms with Gasteiger partial charge in [0.15, 0.2) is 0 Å². The number of fused-ring (bicyclic) bond motifs is 5. The molecule has 2 nitrogen and oxygen atoms in total. The van der Waals surface area contributed by atoms with E-state index in [9.17, 15) is 0 Å². The molecule has 334 valence electrons. The summed E-state index contributed by atoms with van der Waals surface area (Å²) < 4.78 is 0. The topological polar surface area (TPSA) is 6.48 Å². The standard InChI is InChI=1S/C63H69BN2/c1-59(2,3)45-24-28-49(29-25-45)65-54-31-27-47(61(7,8)9)35-52(54)64-51-32-43-38-63(13,14)39-44(43)33-55(51)66(57-37-48(62(10,11)12)36-56(65)58(57)64)53-30-26-46(60(4,5)6)34-50(53)42-22-20-41(21-23-42)40-18-16-15-17-19-40/h15-37H,38-39H2,1-14H3. The minimum Gasteiger partial charge on any atom is -0.311 e. The van der Waals surface area contributed by atoms with Crippen LogP contribution in [-0.4, -0.2) is 6.71 Å². The third kappa shape index (κ3) is 7.61. The molecule has 0 saturated carbocycles. The van der Waals surface area contributed by atoms with Gasteiger partial charge >= 0.3 is 0 Å². The van der Waals surface area contributed by atoms with Crippen LogP contribution >= 0.6 is 0 Å². The van der Waals surface area contributed by atoms with Gasteiger partial charge in [0.25, 0.3) is 6.71 Å². The molecule has 0 saturated heterocycles. The van der Waals surface area contributed by atoms with Crippen LogP contribution in [-0.2, 0) is 34.5 Å². The molecule has 0 aromatic heterocycles. The maximum atomic E-state index is 2.69. The molecule has 0 amide bonds. The molecule has 0 fully saturated rings. The van der Waals surface area contributed by atoms with Crippen molar-refractivity contribution < 1.29 is 0 Å². The van der Waals surface area contributed by atoms with Gasteiger partial charge in [0, 0.05) is 34.0 Å². The van der Waals surface area contributed by atoms with Crippen LogP contribution in [0, 0.1) is 5.41 Å². The molecule has 2 heterocycles. The summed E-state index contributed by atoms with van der Waals surface area (Å²) in [5.41, 5.74) is 25.1. The summed E-state index contributed by atoms with van der Waals surface area (Å²) in [6.45, 7) is 33.1. The Labute approximate surface area is 397 Å². The Morgan fingerprint density at radius 3 is 1.47 bits per heavy atom. The molecule has 0 spiro atoms. The van der Waals surface area contributed by atoms with Crippen LogP contribution < -0.4 is 26.2 Å². The van der Waals surface area contributed by atoms with Crippen molar-refractivity contribution in [2.75, 3.05) is 9.80 Å². The van der Waals surface area contributed by atoms with Gasteiger partial charge in [-0.1, -0.05) is 188 Å². The van der Waals surface area contributed by atoms with Crippen LogP contribution in [0.4, 0.5) is 34.1 Å². The number of rotatable bonds is 4. The van der Waals surface area contributed by atoms with Crippen molar-refractivity contribution in [1.29, 1.82) is 0 Å². The molecule has 3 aliphatic rings. The fourth-order valence-corrected chi connectivity index (χ4v) is 11.0. The van der Waals surface area contributed by atoms with E-state index in [-0.39, 0.29) is 33.8 Å². The van der Waals surface area contributed by atoms with E-state index in [1.54, 1.807) is 0 Å². The van der Waals surface area contributed by atoms with Crippen molar-refractivity contribution in [3.63, 3.8) is 0 Å². The summed E-state index contributed by atoms with van der Waals surface area (Å²) in [5.74, 6) is 0. The summed E-state index contributed by atoms with van der Waals surface area (Å²) in [6, 6.07) is 54.6. The van der Waals surface area contributed by atoms with Crippen molar-refractivity contribution in [3.05, 3.63) is 173 Å². The van der Waals surface area contributed by atoms with Crippen LogP contribution in [0.5, 0.6) is 0 Å². The van der Waals surface area contributed by atoms with E-state index in [0.29, 0.717) is 0 Å². The van der Waals surface area contributed by atoms with Gasteiger partial charge in [0.05, 0.1) is 5.69 Å². The highest BCUT2D eigenvalue weighted by atomic mass is 15.2. The van der Waals surface area contributed by atoms with Gasteiger partial charge in [0.1, 0.15) is 0 Å². The molecule has 2 aliphatic heterocycles. The van der Waals surface area contributed by atoms with Crippen LogP contribution in [0.3, 0.4) is 0 Å². The average molecular weight is 865 g/mol. The van der Waals surface area contributed by atoms with E-state index < -0.39 is 0 Å². The fourth-order valence-electron chi connectivity index (χ4n) is 11.0. The maximum absolute atomic E-state index is 2.69. The zero-order valence-corrected chi connectivity index (χ0v) is 42.2. The van der Waals surface area contributed by atoms with Gasteiger partial charge in [-0.25, -0.2) is 0 Å². The van der Waals surface area contributed by atoms with E-state index in [2.05, 4.69) is 246 Å². The second-order valence-electron chi connectivity index (χ2n) is 24.7. The van der Waals surface area contributed by atoms with Gasteiger partial charge in [-0.15, -0.1) is 0 Å².